The average Bonchev–Trinajstić information content (AvgIpc) is 2.86. The first-order valence-corrected chi connectivity index (χ1v) is 11.2. The van der Waals surface area contributed by atoms with Gasteiger partial charge in [0.25, 0.3) is 0 Å². The number of methoxy groups -OCH3 is 1. The molecule has 6 heteroatoms. The van der Waals surface area contributed by atoms with Crippen LogP contribution in [-0.4, -0.2) is 23.7 Å². The predicted molar refractivity (Wildman–Crippen MR) is 127 cm³/mol. The lowest BCUT2D eigenvalue weighted by atomic mass is 9.98. The highest BCUT2D eigenvalue weighted by Crippen LogP contribution is 2.24. The molecule has 172 valence electrons. The Kier molecular flexibility index (Phi) is 7.56. The number of halogens is 2. The molecule has 0 bridgehead atoms. The molecule has 0 aliphatic heterocycles. The first kappa shape index (κ1) is 23.5. The molecule has 0 aliphatic carbocycles. The van der Waals surface area contributed by atoms with E-state index in [-0.39, 0.29) is 11.4 Å². The third kappa shape index (κ3) is 5.62. The topological polar surface area (TPSA) is 58.8 Å². The van der Waals surface area contributed by atoms with Gasteiger partial charge in [-0.15, -0.1) is 0 Å². The summed E-state index contributed by atoms with van der Waals surface area (Å²) in [5, 5.41) is 10.3. The van der Waals surface area contributed by atoms with Gasteiger partial charge in [0, 0.05) is 31.3 Å². The van der Waals surface area contributed by atoms with E-state index >= 15 is 4.39 Å². The van der Waals surface area contributed by atoms with Crippen LogP contribution < -0.4 is 0 Å². The Morgan fingerprint density at radius 2 is 1.56 bits per heavy atom. The average molecular weight is 458 g/mol. The van der Waals surface area contributed by atoms with E-state index in [0.717, 1.165) is 40.7 Å². The second-order valence-electron chi connectivity index (χ2n) is 8.27. The standard InChI is InChI=1S/C28H25F2N3O/c1-34-13-12-21-17-32-27(33-18-21)11-5-19-4-10-25-23(14-19)9-8-22(28(25)30)6-2-20-3-7-24(16-31)26(29)15-20/h3-4,7-10,14-15,17-18H,2,5-6,11-13H2,1H3. The van der Waals surface area contributed by atoms with Crippen molar-refractivity contribution in [1.82, 2.24) is 9.97 Å². The predicted octanol–water partition coefficient (Wildman–Crippen LogP) is 5.54. The second kappa shape index (κ2) is 11.0. The number of benzene rings is 3. The Bertz CT molecular complexity index is 1330. The maximum atomic E-state index is 15.1. The van der Waals surface area contributed by atoms with Gasteiger partial charge in [0.05, 0.1) is 12.2 Å². The first-order valence-electron chi connectivity index (χ1n) is 11.2. The zero-order valence-corrected chi connectivity index (χ0v) is 19.0. The third-order valence-electron chi connectivity index (χ3n) is 5.93. The quantitative estimate of drug-likeness (QED) is 0.331. The fourth-order valence-electron chi connectivity index (χ4n) is 3.93. The molecular formula is C28H25F2N3O. The van der Waals surface area contributed by atoms with E-state index in [1.165, 1.54) is 12.1 Å². The van der Waals surface area contributed by atoms with Gasteiger partial charge in [0.2, 0.25) is 0 Å². The number of rotatable bonds is 9. The van der Waals surface area contributed by atoms with Crippen molar-refractivity contribution in [1.29, 1.82) is 5.26 Å². The number of aromatic nitrogens is 2. The Hall–Kier alpha value is -3.69. The van der Waals surface area contributed by atoms with Crippen molar-refractivity contribution in [2.45, 2.75) is 32.1 Å². The van der Waals surface area contributed by atoms with E-state index in [2.05, 4.69) is 9.97 Å². The summed E-state index contributed by atoms with van der Waals surface area (Å²) in [5.74, 6) is -0.00544. The van der Waals surface area contributed by atoms with Crippen molar-refractivity contribution in [3.63, 3.8) is 0 Å². The summed E-state index contributed by atoms with van der Waals surface area (Å²) >= 11 is 0. The molecule has 34 heavy (non-hydrogen) atoms. The van der Waals surface area contributed by atoms with Gasteiger partial charge in [-0.25, -0.2) is 18.7 Å². The maximum absolute atomic E-state index is 15.1. The molecule has 1 aromatic heterocycles. The van der Waals surface area contributed by atoms with Crippen molar-refractivity contribution < 1.29 is 13.5 Å². The maximum Gasteiger partial charge on any atom is 0.141 e. The minimum Gasteiger partial charge on any atom is -0.384 e. The van der Waals surface area contributed by atoms with E-state index in [4.69, 9.17) is 10.00 Å². The van der Waals surface area contributed by atoms with E-state index < -0.39 is 5.82 Å². The van der Waals surface area contributed by atoms with Crippen LogP contribution in [0.2, 0.25) is 0 Å². The van der Waals surface area contributed by atoms with E-state index in [9.17, 15) is 4.39 Å². The number of ether oxygens (including phenoxy) is 1. The fourth-order valence-corrected chi connectivity index (χ4v) is 3.93. The summed E-state index contributed by atoms with van der Waals surface area (Å²) in [6.45, 7) is 0.645. The Morgan fingerprint density at radius 1 is 0.824 bits per heavy atom. The van der Waals surface area contributed by atoms with Crippen LogP contribution >= 0.6 is 0 Å². The van der Waals surface area contributed by atoms with E-state index in [1.807, 2.05) is 42.7 Å². The normalized spacial score (nSPS) is 11.0. The van der Waals surface area contributed by atoms with Gasteiger partial charge < -0.3 is 4.74 Å². The van der Waals surface area contributed by atoms with Gasteiger partial charge in [-0.1, -0.05) is 36.4 Å². The van der Waals surface area contributed by atoms with Crippen LogP contribution in [0, 0.1) is 23.0 Å². The van der Waals surface area contributed by atoms with E-state index in [1.54, 1.807) is 19.2 Å². The smallest absolute Gasteiger partial charge is 0.141 e. The number of nitriles is 1. The third-order valence-corrected chi connectivity index (χ3v) is 5.93. The van der Waals surface area contributed by atoms with Gasteiger partial charge in [0.1, 0.15) is 23.5 Å². The molecular weight excluding hydrogens is 432 g/mol. The van der Waals surface area contributed by atoms with E-state index in [0.29, 0.717) is 36.8 Å². The fraction of sp³-hybridized carbons (Fsp3) is 0.250. The number of nitrogens with zero attached hydrogens (tertiary/aromatic N) is 3. The van der Waals surface area contributed by atoms with Crippen LogP contribution in [0.4, 0.5) is 8.78 Å². The minimum atomic E-state index is -0.543. The highest BCUT2D eigenvalue weighted by Gasteiger charge is 2.10. The van der Waals surface area contributed by atoms with Crippen LogP contribution in [0.3, 0.4) is 0 Å². The Labute approximate surface area is 197 Å². The van der Waals surface area contributed by atoms with Gasteiger partial charge in [-0.2, -0.15) is 5.26 Å². The molecule has 1 heterocycles. The number of hydrogen-bond acceptors (Lipinski definition) is 4. The summed E-state index contributed by atoms with van der Waals surface area (Å²) in [4.78, 5) is 8.86. The first-order chi connectivity index (χ1) is 16.6. The number of hydrogen-bond donors (Lipinski definition) is 0. The van der Waals surface area contributed by atoms with Gasteiger partial charge in [-0.05, 0) is 65.5 Å². The Morgan fingerprint density at radius 3 is 2.29 bits per heavy atom. The Balaban J connectivity index is 1.41. The molecule has 0 spiro atoms. The lowest BCUT2D eigenvalue weighted by molar-refractivity contribution is 0.202. The number of aryl methyl sites for hydroxylation is 4. The molecule has 0 saturated heterocycles. The molecule has 4 nitrogen and oxygen atoms in total. The largest absolute Gasteiger partial charge is 0.384 e. The van der Waals surface area contributed by atoms with Gasteiger partial charge in [0.15, 0.2) is 0 Å². The molecule has 0 amide bonds. The van der Waals surface area contributed by atoms with Gasteiger partial charge >= 0.3 is 0 Å². The zero-order valence-electron chi connectivity index (χ0n) is 19.0. The minimum absolute atomic E-state index is 0.0158. The molecule has 0 fully saturated rings. The summed E-state index contributed by atoms with van der Waals surface area (Å²) in [7, 11) is 1.67. The molecule has 0 unspecified atom stereocenters. The highest BCUT2D eigenvalue weighted by atomic mass is 19.1. The molecule has 0 radical (unpaired) electrons. The van der Waals surface area contributed by atoms with Gasteiger partial charge in [-0.3, -0.25) is 0 Å². The SMILES string of the molecule is COCCc1cnc(CCc2ccc3c(F)c(CCc4ccc(C#N)c(F)c4)ccc3c2)nc1. The highest BCUT2D eigenvalue weighted by molar-refractivity contribution is 5.84. The van der Waals surface area contributed by atoms with Crippen LogP contribution in [0.25, 0.3) is 10.8 Å². The monoisotopic (exact) mass is 457 g/mol. The molecule has 4 rings (SSSR count). The second-order valence-corrected chi connectivity index (χ2v) is 8.27. The molecule has 3 aromatic carbocycles. The molecule has 0 saturated carbocycles. The lowest BCUT2D eigenvalue weighted by Gasteiger charge is -2.09. The zero-order chi connectivity index (χ0) is 23.9. The summed E-state index contributed by atoms with van der Waals surface area (Å²) < 4.78 is 34.0. The van der Waals surface area contributed by atoms with Crippen molar-refractivity contribution in [2.75, 3.05) is 13.7 Å². The molecule has 0 N–H and O–H groups in total. The van der Waals surface area contributed by atoms with Crippen molar-refractivity contribution >= 4 is 10.8 Å². The molecule has 0 atom stereocenters. The summed E-state index contributed by atoms with van der Waals surface area (Å²) in [6, 6.07) is 15.8. The van der Waals surface area contributed by atoms with Crippen LogP contribution in [0.15, 0.2) is 60.9 Å². The summed E-state index contributed by atoms with van der Waals surface area (Å²) in [6.07, 6.45) is 6.88. The van der Waals surface area contributed by atoms with Crippen molar-refractivity contribution in [3.8, 4) is 6.07 Å². The van der Waals surface area contributed by atoms with Crippen molar-refractivity contribution in [2.24, 2.45) is 0 Å². The molecule has 0 aliphatic rings. The van der Waals surface area contributed by atoms with Crippen LogP contribution in [0.1, 0.15) is 33.6 Å². The van der Waals surface area contributed by atoms with Crippen LogP contribution in [-0.2, 0) is 36.8 Å². The lowest BCUT2D eigenvalue weighted by Crippen LogP contribution is -2.01. The van der Waals surface area contributed by atoms with Crippen LogP contribution in [0.5, 0.6) is 0 Å². The number of fused-ring (bicyclic) bond motifs is 1. The summed E-state index contributed by atoms with van der Waals surface area (Å²) in [5.41, 5.74) is 3.49. The van der Waals surface area contributed by atoms with Crippen molar-refractivity contribution in [3.05, 3.63) is 106 Å². The molecule has 4 aromatic rings.